The predicted molar refractivity (Wildman–Crippen MR) is 128 cm³/mol. The zero-order valence-electron chi connectivity index (χ0n) is 19.6. The standard InChI is InChI=1S/C23H24N10O3/c1-4-7-13-10-23(36,18(34)16(13)21(35)25-3)32-12-27-17-19(24-2)28-22(29-20(17)32)33-11-15(30-31-33)14-8-5-6-9-26-14/h1,5-6,8-9,11-13,16,18,34,36H,7,10H2,2-3H3,(H,25,35)(H,24,28,29)/t13?,16-,18+,23-/m0/s1. The monoisotopic (exact) mass is 488 g/mol. The van der Waals surface area contributed by atoms with Gasteiger partial charge in [0.1, 0.15) is 11.8 Å². The fourth-order valence-corrected chi connectivity index (χ4v) is 4.74. The fourth-order valence-electron chi connectivity index (χ4n) is 4.74. The van der Waals surface area contributed by atoms with Gasteiger partial charge in [-0.15, -0.1) is 17.4 Å². The Labute approximate surface area is 205 Å². The van der Waals surface area contributed by atoms with Crippen molar-refractivity contribution in [2.45, 2.75) is 24.7 Å². The summed E-state index contributed by atoms with van der Waals surface area (Å²) in [7, 11) is 3.15. The van der Waals surface area contributed by atoms with Crippen molar-refractivity contribution in [2.75, 3.05) is 19.4 Å². The first kappa shape index (κ1) is 23.3. The molecule has 4 N–H and O–H groups in total. The number of rotatable bonds is 6. The molecule has 13 heteroatoms. The number of hydrogen-bond acceptors (Lipinski definition) is 10. The van der Waals surface area contributed by atoms with Crippen LogP contribution in [0.1, 0.15) is 12.8 Å². The molecule has 0 aromatic carbocycles. The molecule has 1 aliphatic rings. The van der Waals surface area contributed by atoms with Crippen LogP contribution in [0.4, 0.5) is 5.82 Å². The van der Waals surface area contributed by atoms with E-state index in [0.717, 1.165) is 0 Å². The van der Waals surface area contributed by atoms with Gasteiger partial charge in [0.25, 0.3) is 5.95 Å². The molecule has 5 rings (SSSR count). The van der Waals surface area contributed by atoms with Gasteiger partial charge in [0.15, 0.2) is 22.7 Å². The lowest BCUT2D eigenvalue weighted by atomic mass is 9.91. The Morgan fingerprint density at radius 2 is 2.11 bits per heavy atom. The molecule has 13 nitrogen and oxygen atoms in total. The first-order valence-electron chi connectivity index (χ1n) is 11.2. The topological polar surface area (TPSA) is 169 Å². The van der Waals surface area contributed by atoms with Crippen LogP contribution in [0.3, 0.4) is 0 Å². The molecule has 0 spiro atoms. The molecule has 1 fully saturated rings. The molecule has 4 heterocycles. The number of nitrogens with zero attached hydrogens (tertiary/aromatic N) is 8. The summed E-state index contributed by atoms with van der Waals surface area (Å²) in [5.74, 6) is 1.31. The number of terminal acetylenes is 1. The summed E-state index contributed by atoms with van der Waals surface area (Å²) >= 11 is 0. The van der Waals surface area contributed by atoms with E-state index in [4.69, 9.17) is 6.42 Å². The minimum atomic E-state index is -1.88. The van der Waals surface area contributed by atoms with Gasteiger partial charge in [0, 0.05) is 33.1 Å². The Morgan fingerprint density at radius 1 is 1.28 bits per heavy atom. The molecule has 0 saturated heterocycles. The Hall–Kier alpha value is -4.41. The van der Waals surface area contributed by atoms with E-state index in [1.165, 1.54) is 22.6 Å². The van der Waals surface area contributed by atoms with Crippen molar-refractivity contribution in [1.82, 2.24) is 44.8 Å². The first-order chi connectivity index (χ1) is 17.4. The summed E-state index contributed by atoms with van der Waals surface area (Å²) in [5, 5.41) is 36.7. The SMILES string of the molecule is C#CCC1C[C@@](O)(n2cnc3c(NC)nc(-n4cc(-c5ccccn5)nn4)nc32)[C@H](O)[C@H]1C(=O)NC. The van der Waals surface area contributed by atoms with Crippen molar-refractivity contribution in [3.63, 3.8) is 0 Å². The Bertz CT molecular complexity index is 1460. The van der Waals surface area contributed by atoms with E-state index >= 15 is 0 Å². The highest BCUT2D eigenvalue weighted by molar-refractivity contribution is 5.84. The highest BCUT2D eigenvalue weighted by Crippen LogP contribution is 2.45. The van der Waals surface area contributed by atoms with Crippen LogP contribution < -0.4 is 10.6 Å². The lowest BCUT2D eigenvalue weighted by molar-refractivity contribution is -0.143. The normalized spacial score (nSPS) is 23.5. The van der Waals surface area contributed by atoms with Crippen LogP contribution in [0.25, 0.3) is 28.5 Å². The number of aliphatic hydroxyl groups excluding tert-OH is 1. The maximum Gasteiger partial charge on any atom is 0.256 e. The highest BCUT2D eigenvalue weighted by Gasteiger charge is 2.56. The number of pyridine rings is 1. The molecule has 184 valence electrons. The summed E-state index contributed by atoms with van der Waals surface area (Å²) in [5.41, 5.74) is -0.131. The van der Waals surface area contributed by atoms with Gasteiger partial charge in [-0.05, 0) is 18.1 Å². The minimum Gasteiger partial charge on any atom is -0.387 e. The molecular formula is C23H24N10O3. The van der Waals surface area contributed by atoms with Gasteiger partial charge in [-0.1, -0.05) is 11.3 Å². The molecule has 0 bridgehead atoms. The number of carbonyl (C=O) groups excluding carboxylic acids is 1. The fraction of sp³-hybridized carbons (Fsp3) is 0.348. The second-order valence-electron chi connectivity index (χ2n) is 8.51. The van der Waals surface area contributed by atoms with Gasteiger partial charge < -0.3 is 20.8 Å². The van der Waals surface area contributed by atoms with E-state index in [1.54, 1.807) is 31.6 Å². The number of aliphatic hydroxyl groups is 2. The third kappa shape index (κ3) is 3.63. The van der Waals surface area contributed by atoms with Crippen LogP contribution in [0.5, 0.6) is 0 Å². The van der Waals surface area contributed by atoms with E-state index in [2.05, 4.69) is 46.8 Å². The van der Waals surface area contributed by atoms with Crippen molar-refractivity contribution in [2.24, 2.45) is 11.8 Å². The van der Waals surface area contributed by atoms with Crippen molar-refractivity contribution in [3.8, 4) is 29.7 Å². The third-order valence-corrected chi connectivity index (χ3v) is 6.48. The summed E-state index contributed by atoms with van der Waals surface area (Å²) in [6.45, 7) is 0. The molecule has 0 radical (unpaired) electrons. The van der Waals surface area contributed by atoms with Crippen LogP contribution in [-0.2, 0) is 10.5 Å². The lowest BCUT2D eigenvalue weighted by Crippen LogP contribution is -2.46. The summed E-state index contributed by atoms with van der Waals surface area (Å²) < 4.78 is 2.74. The smallest absolute Gasteiger partial charge is 0.256 e. The molecule has 4 aromatic rings. The number of amides is 1. The zero-order chi connectivity index (χ0) is 25.4. The molecule has 36 heavy (non-hydrogen) atoms. The van der Waals surface area contributed by atoms with Gasteiger partial charge in [0.05, 0.1) is 24.1 Å². The number of hydrogen-bond donors (Lipinski definition) is 4. The zero-order valence-corrected chi connectivity index (χ0v) is 19.6. The summed E-state index contributed by atoms with van der Waals surface area (Å²) in [6, 6.07) is 5.45. The van der Waals surface area contributed by atoms with Gasteiger partial charge in [-0.3, -0.25) is 14.3 Å². The number of aromatic nitrogens is 8. The van der Waals surface area contributed by atoms with E-state index in [0.29, 0.717) is 22.7 Å². The molecule has 4 aromatic heterocycles. The first-order valence-corrected chi connectivity index (χ1v) is 11.2. The summed E-state index contributed by atoms with van der Waals surface area (Å²) in [4.78, 5) is 30.3. The number of carbonyl (C=O) groups is 1. The van der Waals surface area contributed by atoms with Crippen LogP contribution in [-0.4, -0.2) is 75.8 Å². The maximum absolute atomic E-state index is 12.6. The lowest BCUT2D eigenvalue weighted by Gasteiger charge is -2.29. The van der Waals surface area contributed by atoms with Crippen LogP contribution in [0, 0.1) is 24.2 Å². The largest absolute Gasteiger partial charge is 0.387 e. The average Bonchev–Trinajstić information content (AvgIpc) is 3.61. The number of fused-ring (bicyclic) bond motifs is 1. The van der Waals surface area contributed by atoms with Crippen molar-refractivity contribution in [1.29, 1.82) is 0 Å². The second kappa shape index (κ2) is 8.99. The number of nitrogens with one attached hydrogen (secondary N) is 2. The number of anilines is 1. The Balaban J connectivity index is 1.61. The van der Waals surface area contributed by atoms with Crippen molar-refractivity contribution >= 4 is 22.9 Å². The predicted octanol–water partition coefficient (Wildman–Crippen LogP) is -0.0779. The molecule has 1 aliphatic carbocycles. The molecule has 4 atom stereocenters. The minimum absolute atomic E-state index is 0.0310. The highest BCUT2D eigenvalue weighted by atomic mass is 16.4. The molecule has 0 aliphatic heterocycles. The Morgan fingerprint density at radius 3 is 2.81 bits per heavy atom. The maximum atomic E-state index is 12.6. The van der Waals surface area contributed by atoms with Crippen molar-refractivity contribution < 1.29 is 15.0 Å². The summed E-state index contributed by atoms with van der Waals surface area (Å²) in [6.07, 6.45) is 8.95. The molecule has 1 saturated carbocycles. The van der Waals surface area contributed by atoms with E-state index < -0.39 is 29.6 Å². The van der Waals surface area contributed by atoms with Crippen LogP contribution in [0.2, 0.25) is 0 Å². The number of imidazole rings is 1. The van der Waals surface area contributed by atoms with E-state index in [1.807, 2.05) is 6.07 Å². The van der Waals surface area contributed by atoms with Crippen molar-refractivity contribution in [3.05, 3.63) is 36.9 Å². The van der Waals surface area contributed by atoms with Gasteiger partial charge in [-0.25, -0.2) is 4.98 Å². The average molecular weight is 489 g/mol. The van der Waals surface area contributed by atoms with E-state index in [-0.39, 0.29) is 24.4 Å². The van der Waals surface area contributed by atoms with Crippen LogP contribution in [0.15, 0.2) is 36.9 Å². The van der Waals surface area contributed by atoms with Crippen LogP contribution >= 0.6 is 0 Å². The second-order valence-corrected chi connectivity index (χ2v) is 8.51. The third-order valence-electron chi connectivity index (χ3n) is 6.48. The van der Waals surface area contributed by atoms with Gasteiger partial charge in [-0.2, -0.15) is 14.6 Å². The molecule has 1 unspecified atom stereocenters. The quantitative estimate of drug-likeness (QED) is 0.269. The molecule has 1 amide bonds. The van der Waals surface area contributed by atoms with Gasteiger partial charge in [0.2, 0.25) is 5.91 Å². The molecular weight excluding hydrogens is 464 g/mol. The van der Waals surface area contributed by atoms with E-state index in [9.17, 15) is 15.0 Å². The Kier molecular flexibility index (Phi) is 5.83. The van der Waals surface area contributed by atoms with Gasteiger partial charge >= 0.3 is 0 Å².